The van der Waals surface area contributed by atoms with Gasteiger partial charge in [-0.3, -0.25) is 28.8 Å². The number of carbonyl (C=O) groups excluding carboxylic acids is 6. The maximum Gasteiger partial charge on any atom is 0.307 e. The van der Waals surface area contributed by atoms with E-state index in [4.69, 9.17) is 28.4 Å². The van der Waals surface area contributed by atoms with Crippen LogP contribution in [0.1, 0.15) is 207 Å². The third-order valence-corrected chi connectivity index (χ3v) is 10.3. The van der Waals surface area contributed by atoms with Crippen molar-refractivity contribution >= 4 is 35.8 Å². The lowest BCUT2D eigenvalue weighted by Gasteiger charge is -2.18. The van der Waals surface area contributed by atoms with Crippen LogP contribution in [0.25, 0.3) is 0 Å². The number of nitrogens with one attached hydrogen (secondary N) is 1. The van der Waals surface area contributed by atoms with Crippen LogP contribution in [0.5, 0.6) is 0 Å². The lowest BCUT2D eigenvalue weighted by atomic mass is 10.1. The molecule has 61 heavy (non-hydrogen) atoms. The van der Waals surface area contributed by atoms with E-state index in [1.807, 2.05) is 0 Å². The molecule has 0 radical (unpaired) electrons. The zero-order chi connectivity index (χ0) is 45.0. The molecule has 0 bridgehead atoms. The summed E-state index contributed by atoms with van der Waals surface area (Å²) in [4.78, 5) is 74.5. The van der Waals surface area contributed by atoms with Gasteiger partial charge in [0.05, 0.1) is 24.7 Å². The van der Waals surface area contributed by atoms with Crippen molar-refractivity contribution in [2.24, 2.45) is 11.8 Å². The number of esters is 6. The van der Waals surface area contributed by atoms with Crippen LogP contribution in [0.3, 0.4) is 0 Å². The first-order valence-electron chi connectivity index (χ1n) is 24.3. The van der Waals surface area contributed by atoms with Crippen molar-refractivity contribution in [2.75, 3.05) is 52.7 Å². The summed E-state index contributed by atoms with van der Waals surface area (Å²) in [7, 11) is 0. The Morgan fingerprint density at radius 3 is 0.738 bits per heavy atom. The fourth-order valence-electron chi connectivity index (χ4n) is 6.34. The van der Waals surface area contributed by atoms with Crippen LogP contribution in [-0.2, 0) is 57.2 Å². The van der Waals surface area contributed by atoms with E-state index in [1.165, 1.54) is 19.3 Å². The molecule has 0 aromatic heterocycles. The van der Waals surface area contributed by atoms with Crippen molar-refractivity contribution in [1.29, 1.82) is 0 Å². The average Bonchev–Trinajstić information content (AvgIpc) is 3.25. The van der Waals surface area contributed by atoms with Crippen LogP contribution < -0.4 is 5.32 Å². The lowest BCUT2D eigenvalue weighted by molar-refractivity contribution is -0.156. The zero-order valence-electron chi connectivity index (χ0n) is 39.0. The highest BCUT2D eigenvalue weighted by Crippen LogP contribution is 2.13. The number of hydrogen-bond donors (Lipinski definition) is 1. The molecule has 356 valence electrons. The summed E-state index contributed by atoms with van der Waals surface area (Å²) in [5, 5.41) is 3.04. The Labute approximate surface area is 369 Å². The molecular formula is C48H87NO12. The molecule has 1 atom stereocenters. The Hall–Kier alpha value is -3.22. The van der Waals surface area contributed by atoms with Gasteiger partial charge in [-0.05, 0) is 25.7 Å². The largest absolute Gasteiger partial charge is 0.465 e. The Morgan fingerprint density at radius 1 is 0.295 bits per heavy atom. The first kappa shape index (κ1) is 57.8. The second kappa shape index (κ2) is 43.4. The Balaban J connectivity index is 4.74. The molecule has 0 rings (SSSR count). The van der Waals surface area contributed by atoms with E-state index < -0.39 is 23.8 Å². The molecule has 13 nitrogen and oxygen atoms in total. The summed E-state index contributed by atoms with van der Waals surface area (Å²) >= 11 is 0. The van der Waals surface area contributed by atoms with Gasteiger partial charge in [0.15, 0.2) is 0 Å². The summed E-state index contributed by atoms with van der Waals surface area (Å²) in [6.07, 6.45) is 24.1. The number of ether oxygens (including phenoxy) is 6. The lowest BCUT2D eigenvalue weighted by Crippen LogP contribution is -2.28. The van der Waals surface area contributed by atoms with Gasteiger partial charge in [-0.25, -0.2) is 0 Å². The Morgan fingerprint density at radius 2 is 0.492 bits per heavy atom. The van der Waals surface area contributed by atoms with Crippen LogP contribution in [0.4, 0.5) is 0 Å². The molecule has 1 unspecified atom stereocenters. The van der Waals surface area contributed by atoms with Crippen molar-refractivity contribution in [3.05, 3.63) is 0 Å². The Bertz CT molecular complexity index is 1080. The maximum absolute atomic E-state index is 12.6. The highest BCUT2D eigenvalue weighted by molar-refractivity contribution is 5.71. The second-order valence-electron chi connectivity index (χ2n) is 16.4. The van der Waals surface area contributed by atoms with E-state index in [0.29, 0.717) is 25.7 Å². The van der Waals surface area contributed by atoms with Gasteiger partial charge < -0.3 is 33.7 Å². The number of unbranched alkanes of at least 4 members (excludes halogenated alkanes) is 18. The van der Waals surface area contributed by atoms with Crippen LogP contribution in [0.15, 0.2) is 0 Å². The molecule has 1 N–H and O–H groups in total. The van der Waals surface area contributed by atoms with Crippen molar-refractivity contribution in [2.45, 2.75) is 207 Å². The van der Waals surface area contributed by atoms with Gasteiger partial charge in [-0.2, -0.15) is 0 Å². The van der Waals surface area contributed by atoms with Gasteiger partial charge in [0.2, 0.25) is 0 Å². The molecule has 0 aliphatic heterocycles. The molecule has 0 saturated carbocycles. The minimum Gasteiger partial charge on any atom is -0.465 e. The van der Waals surface area contributed by atoms with Crippen LogP contribution in [0.2, 0.25) is 0 Å². The molecule has 0 aliphatic rings. The summed E-state index contributed by atoms with van der Waals surface area (Å²) < 4.78 is 32.8. The molecule has 0 fully saturated rings. The topological polar surface area (TPSA) is 170 Å². The van der Waals surface area contributed by atoms with Gasteiger partial charge in [-0.1, -0.05) is 143 Å². The van der Waals surface area contributed by atoms with Gasteiger partial charge in [0, 0.05) is 38.8 Å². The minimum atomic E-state index is -0.490. The maximum atomic E-state index is 12.6. The fraction of sp³-hybridized carbons (Fsp3) is 0.875. The molecule has 0 saturated heterocycles. The molecule has 0 spiro atoms. The number of hydrogen-bond acceptors (Lipinski definition) is 13. The van der Waals surface area contributed by atoms with Crippen molar-refractivity contribution in [3.8, 4) is 0 Å². The minimum absolute atomic E-state index is 0.0173. The predicted octanol–water partition coefficient (Wildman–Crippen LogP) is 10.1. The first-order chi connectivity index (χ1) is 29.6. The van der Waals surface area contributed by atoms with E-state index in [1.54, 1.807) is 0 Å². The second-order valence-corrected chi connectivity index (χ2v) is 16.4. The van der Waals surface area contributed by atoms with Crippen LogP contribution >= 0.6 is 0 Å². The summed E-state index contributed by atoms with van der Waals surface area (Å²) in [6, 6.07) is 0. The predicted molar refractivity (Wildman–Crippen MR) is 238 cm³/mol. The zero-order valence-corrected chi connectivity index (χ0v) is 39.0. The molecule has 13 heteroatoms. The van der Waals surface area contributed by atoms with Gasteiger partial charge >= 0.3 is 35.8 Å². The molecule has 0 amide bonds. The molecule has 0 aromatic rings. The van der Waals surface area contributed by atoms with E-state index in [9.17, 15) is 28.8 Å². The van der Waals surface area contributed by atoms with Crippen molar-refractivity contribution < 1.29 is 57.2 Å². The summed E-state index contributed by atoms with van der Waals surface area (Å²) in [6.45, 7) is 8.89. The van der Waals surface area contributed by atoms with Crippen LogP contribution in [0, 0.1) is 11.8 Å². The fourth-order valence-corrected chi connectivity index (χ4v) is 6.34. The van der Waals surface area contributed by atoms with Gasteiger partial charge in [0.1, 0.15) is 39.6 Å². The summed E-state index contributed by atoms with van der Waals surface area (Å²) in [5.41, 5.74) is 0. The molecular weight excluding hydrogens is 783 g/mol. The third-order valence-electron chi connectivity index (χ3n) is 10.3. The van der Waals surface area contributed by atoms with Gasteiger partial charge in [0.25, 0.3) is 0 Å². The Kier molecular flexibility index (Phi) is 41.1. The number of carbonyl (C=O) groups is 6. The SMILES string of the molecule is CCCCCCCCC(=O)OCC(COC(=O)CCCCCC)COC(=O)CCNCCC(=O)OCC(COC(=O)CCCCCCCC)COC(=O)CCCCCCCC. The highest BCUT2D eigenvalue weighted by atomic mass is 16.6. The first-order valence-corrected chi connectivity index (χ1v) is 24.3. The van der Waals surface area contributed by atoms with Crippen molar-refractivity contribution in [3.63, 3.8) is 0 Å². The summed E-state index contributed by atoms with van der Waals surface area (Å²) in [5.74, 6) is -3.22. The monoisotopic (exact) mass is 870 g/mol. The molecule has 0 aromatic carbocycles. The van der Waals surface area contributed by atoms with E-state index in [2.05, 4.69) is 33.0 Å². The third kappa shape index (κ3) is 40.6. The smallest absolute Gasteiger partial charge is 0.307 e. The van der Waals surface area contributed by atoms with E-state index in [-0.39, 0.29) is 89.4 Å². The van der Waals surface area contributed by atoms with Crippen molar-refractivity contribution in [1.82, 2.24) is 5.32 Å². The molecule has 0 heterocycles. The van der Waals surface area contributed by atoms with Gasteiger partial charge in [-0.15, -0.1) is 0 Å². The normalized spacial score (nSPS) is 11.6. The van der Waals surface area contributed by atoms with E-state index >= 15 is 0 Å². The molecule has 0 aliphatic carbocycles. The standard InChI is InChI=1S/C48H87NO12/c1-5-9-13-17-20-24-28-44(51)57-36-41(35-56-43(50)27-23-16-12-8-4)39-60-47(54)31-33-49-34-32-48(55)61-40-42(37-58-45(52)29-25-21-18-14-10-6-2)38-59-46(53)30-26-22-19-15-11-7-3/h41-42,49H,5-40H2,1-4H3. The quantitative estimate of drug-likeness (QED) is 0.0349. The van der Waals surface area contributed by atoms with E-state index in [0.717, 1.165) is 122 Å². The van der Waals surface area contributed by atoms with Crippen LogP contribution in [-0.4, -0.2) is 88.5 Å². The number of rotatable bonds is 44. The average molecular weight is 870 g/mol. The highest BCUT2D eigenvalue weighted by Gasteiger charge is 2.20.